The number of hydrogen-bond donors (Lipinski definition) is 1. The Bertz CT molecular complexity index is 394. The first-order valence-corrected chi connectivity index (χ1v) is 5.85. The van der Waals surface area contributed by atoms with E-state index in [2.05, 4.69) is 37.2 Å². The van der Waals surface area contributed by atoms with Crippen molar-refractivity contribution in [2.75, 3.05) is 11.4 Å². The lowest BCUT2D eigenvalue weighted by molar-refractivity contribution is 0.281. The Morgan fingerprint density at radius 2 is 2.12 bits per heavy atom. The van der Waals surface area contributed by atoms with Crippen molar-refractivity contribution in [2.24, 2.45) is 0 Å². The smallest absolute Gasteiger partial charge is 0.132 e. The molecule has 3 nitrogen and oxygen atoms in total. The Kier molecular flexibility index (Phi) is 4.29. The molecule has 0 amide bonds. The van der Waals surface area contributed by atoms with Crippen molar-refractivity contribution in [1.82, 2.24) is 4.98 Å². The van der Waals surface area contributed by atoms with Gasteiger partial charge in [-0.25, -0.2) is 4.98 Å². The monoisotopic (exact) mass is 234 g/mol. The number of aromatic nitrogens is 1. The number of anilines is 1. The van der Waals surface area contributed by atoms with Gasteiger partial charge in [0.25, 0.3) is 0 Å². The predicted octanol–water partition coefficient (Wildman–Crippen LogP) is 2.67. The first kappa shape index (κ1) is 13.7. The van der Waals surface area contributed by atoms with Crippen molar-refractivity contribution in [3.05, 3.63) is 36.0 Å². The van der Waals surface area contributed by atoms with Gasteiger partial charge in [-0.15, -0.1) is 6.58 Å². The molecule has 1 heterocycles. The zero-order valence-corrected chi connectivity index (χ0v) is 11.2. The van der Waals surface area contributed by atoms with Crippen LogP contribution in [0.1, 0.15) is 31.9 Å². The van der Waals surface area contributed by atoms with E-state index >= 15 is 0 Å². The highest BCUT2D eigenvalue weighted by molar-refractivity contribution is 5.49. The van der Waals surface area contributed by atoms with Crippen LogP contribution in [-0.4, -0.2) is 22.2 Å². The molecule has 0 unspecified atom stereocenters. The normalized spacial score (nSPS) is 11.4. The van der Waals surface area contributed by atoms with Crippen LogP contribution in [0.2, 0.25) is 0 Å². The number of aryl methyl sites for hydroxylation is 1. The summed E-state index contributed by atoms with van der Waals surface area (Å²) in [6, 6.07) is 1.98. The van der Waals surface area contributed by atoms with Crippen LogP contribution in [0.25, 0.3) is 0 Å². The number of aliphatic hydroxyl groups excluding tert-OH is 1. The van der Waals surface area contributed by atoms with E-state index < -0.39 is 0 Å². The molecule has 0 aliphatic heterocycles. The largest absolute Gasteiger partial charge is 0.392 e. The maximum Gasteiger partial charge on any atom is 0.132 e. The van der Waals surface area contributed by atoms with Crippen LogP contribution in [0.15, 0.2) is 24.9 Å². The molecular formula is C14H22N2O. The number of aliphatic hydroxyl groups is 1. The van der Waals surface area contributed by atoms with E-state index in [1.165, 1.54) is 0 Å². The van der Waals surface area contributed by atoms with Crippen LogP contribution in [0, 0.1) is 6.92 Å². The summed E-state index contributed by atoms with van der Waals surface area (Å²) in [4.78, 5) is 6.66. The van der Waals surface area contributed by atoms with Gasteiger partial charge in [-0.2, -0.15) is 0 Å². The molecule has 0 fully saturated rings. The molecule has 0 bridgehead atoms. The number of pyridine rings is 1. The maximum atomic E-state index is 9.08. The summed E-state index contributed by atoms with van der Waals surface area (Å²) in [5, 5.41) is 9.08. The van der Waals surface area contributed by atoms with Crippen molar-refractivity contribution in [1.29, 1.82) is 0 Å². The van der Waals surface area contributed by atoms with E-state index in [1.54, 1.807) is 6.20 Å². The van der Waals surface area contributed by atoms with Gasteiger partial charge in [-0.05, 0) is 44.9 Å². The van der Waals surface area contributed by atoms with Gasteiger partial charge in [0.2, 0.25) is 0 Å². The predicted molar refractivity (Wildman–Crippen MR) is 72.2 cm³/mol. The van der Waals surface area contributed by atoms with Crippen LogP contribution >= 0.6 is 0 Å². The topological polar surface area (TPSA) is 36.4 Å². The summed E-state index contributed by atoms with van der Waals surface area (Å²) >= 11 is 0. The molecular weight excluding hydrogens is 212 g/mol. The van der Waals surface area contributed by atoms with Gasteiger partial charge in [0.1, 0.15) is 5.82 Å². The second-order valence-corrected chi connectivity index (χ2v) is 5.21. The zero-order chi connectivity index (χ0) is 13.1. The van der Waals surface area contributed by atoms with Crippen LogP contribution in [0.4, 0.5) is 5.82 Å². The molecule has 1 aromatic rings. The fourth-order valence-electron chi connectivity index (χ4n) is 1.80. The third-order valence-corrected chi connectivity index (χ3v) is 2.67. The van der Waals surface area contributed by atoms with E-state index in [1.807, 2.05) is 19.1 Å². The molecule has 0 atom stereocenters. The summed E-state index contributed by atoms with van der Waals surface area (Å²) in [7, 11) is 0. The van der Waals surface area contributed by atoms with Gasteiger partial charge in [0.15, 0.2) is 0 Å². The van der Waals surface area contributed by atoms with E-state index in [-0.39, 0.29) is 12.1 Å². The lowest BCUT2D eigenvalue weighted by atomic mass is 10.0. The van der Waals surface area contributed by atoms with Gasteiger partial charge in [0, 0.05) is 18.3 Å². The number of rotatable bonds is 4. The van der Waals surface area contributed by atoms with Crippen molar-refractivity contribution < 1.29 is 5.11 Å². The fraction of sp³-hybridized carbons (Fsp3) is 0.500. The third kappa shape index (κ3) is 3.30. The minimum Gasteiger partial charge on any atom is -0.392 e. The Labute approximate surface area is 104 Å². The molecule has 0 aliphatic rings. The zero-order valence-electron chi connectivity index (χ0n) is 11.2. The lowest BCUT2D eigenvalue weighted by Crippen LogP contribution is -2.42. The van der Waals surface area contributed by atoms with Gasteiger partial charge in [-0.3, -0.25) is 0 Å². The molecule has 0 saturated carbocycles. The van der Waals surface area contributed by atoms with Gasteiger partial charge in [0.05, 0.1) is 6.61 Å². The van der Waals surface area contributed by atoms with Crippen molar-refractivity contribution in [2.45, 2.75) is 39.8 Å². The summed E-state index contributed by atoms with van der Waals surface area (Å²) in [5.41, 5.74) is 1.92. The average molecular weight is 234 g/mol. The second kappa shape index (κ2) is 5.32. The molecule has 17 heavy (non-hydrogen) atoms. The molecule has 3 heteroatoms. The minimum atomic E-state index is -0.00726. The molecule has 1 N–H and O–H groups in total. The first-order chi connectivity index (χ1) is 7.90. The minimum absolute atomic E-state index is 0.00726. The second-order valence-electron chi connectivity index (χ2n) is 5.21. The SMILES string of the molecule is C=CCN(c1ncc(CO)cc1C)C(C)(C)C. The molecule has 1 aromatic heterocycles. The quantitative estimate of drug-likeness (QED) is 0.814. The molecule has 0 aliphatic carbocycles. The lowest BCUT2D eigenvalue weighted by Gasteiger charge is -2.37. The van der Waals surface area contributed by atoms with E-state index in [9.17, 15) is 0 Å². The summed E-state index contributed by atoms with van der Waals surface area (Å²) in [6.45, 7) is 13.1. The van der Waals surface area contributed by atoms with Crippen LogP contribution in [0.5, 0.6) is 0 Å². The van der Waals surface area contributed by atoms with Crippen molar-refractivity contribution >= 4 is 5.82 Å². The molecule has 0 radical (unpaired) electrons. The third-order valence-electron chi connectivity index (χ3n) is 2.67. The van der Waals surface area contributed by atoms with E-state index in [0.29, 0.717) is 0 Å². The van der Waals surface area contributed by atoms with E-state index in [0.717, 1.165) is 23.5 Å². The maximum absolute atomic E-state index is 9.08. The van der Waals surface area contributed by atoms with Gasteiger partial charge >= 0.3 is 0 Å². The summed E-state index contributed by atoms with van der Waals surface area (Å²) < 4.78 is 0. The summed E-state index contributed by atoms with van der Waals surface area (Å²) in [6.07, 6.45) is 3.61. The van der Waals surface area contributed by atoms with Crippen LogP contribution < -0.4 is 4.90 Å². The van der Waals surface area contributed by atoms with Crippen molar-refractivity contribution in [3.8, 4) is 0 Å². The Balaban J connectivity index is 3.15. The Morgan fingerprint density at radius 3 is 2.53 bits per heavy atom. The summed E-state index contributed by atoms with van der Waals surface area (Å²) in [5.74, 6) is 0.953. The number of nitrogens with zero attached hydrogens (tertiary/aromatic N) is 2. The van der Waals surface area contributed by atoms with Crippen molar-refractivity contribution in [3.63, 3.8) is 0 Å². The van der Waals surface area contributed by atoms with Crippen LogP contribution in [0.3, 0.4) is 0 Å². The highest BCUT2D eigenvalue weighted by Gasteiger charge is 2.22. The van der Waals surface area contributed by atoms with Gasteiger partial charge in [-0.1, -0.05) is 6.08 Å². The number of hydrogen-bond acceptors (Lipinski definition) is 3. The Morgan fingerprint density at radius 1 is 1.47 bits per heavy atom. The first-order valence-electron chi connectivity index (χ1n) is 5.85. The average Bonchev–Trinajstić information content (AvgIpc) is 2.25. The standard InChI is InChI=1S/C14H22N2O/c1-6-7-16(14(3,4)5)13-11(2)8-12(10-17)9-15-13/h6,8-9,17H,1,7,10H2,2-5H3. The highest BCUT2D eigenvalue weighted by atomic mass is 16.3. The van der Waals surface area contributed by atoms with Crippen LogP contribution in [-0.2, 0) is 6.61 Å². The molecule has 0 spiro atoms. The molecule has 94 valence electrons. The molecule has 0 aromatic carbocycles. The highest BCUT2D eigenvalue weighted by Crippen LogP contribution is 2.25. The van der Waals surface area contributed by atoms with Gasteiger partial charge < -0.3 is 10.0 Å². The molecule has 0 saturated heterocycles. The Hall–Kier alpha value is -1.35. The fourth-order valence-corrected chi connectivity index (χ4v) is 1.80. The van der Waals surface area contributed by atoms with E-state index in [4.69, 9.17) is 5.11 Å². The molecule has 1 rings (SSSR count).